The molecule has 1 heterocycles. The third kappa shape index (κ3) is 1.97. The second kappa shape index (κ2) is 4.96. The van der Waals surface area contributed by atoms with E-state index in [0.717, 1.165) is 6.42 Å². The Kier molecular flexibility index (Phi) is 3.51. The first-order chi connectivity index (χ1) is 9.02. The fourth-order valence-corrected chi connectivity index (χ4v) is 2.53. The highest BCUT2D eigenvalue weighted by atomic mass is 16.2. The van der Waals surface area contributed by atoms with E-state index in [9.17, 15) is 14.4 Å². The van der Waals surface area contributed by atoms with Gasteiger partial charge in [-0.3, -0.25) is 14.4 Å². The van der Waals surface area contributed by atoms with Gasteiger partial charge in [-0.1, -0.05) is 6.92 Å². The van der Waals surface area contributed by atoms with Crippen molar-refractivity contribution in [2.45, 2.75) is 33.6 Å². The number of Topliss-reactive ketones (excluding diaryl/α,β-unsaturated/α-hetero) is 2. The molecule has 1 aromatic carbocycles. The minimum atomic E-state index is -0.500. The first-order valence-electron chi connectivity index (χ1n) is 6.55. The van der Waals surface area contributed by atoms with Gasteiger partial charge in [-0.15, -0.1) is 0 Å². The van der Waals surface area contributed by atoms with Gasteiger partial charge in [-0.2, -0.15) is 0 Å². The molecule has 1 amide bonds. The summed E-state index contributed by atoms with van der Waals surface area (Å²) in [7, 11) is 0. The van der Waals surface area contributed by atoms with Crippen molar-refractivity contribution >= 4 is 23.2 Å². The molecule has 0 spiro atoms. The lowest BCUT2D eigenvalue weighted by Crippen LogP contribution is -2.29. The number of ketones is 2. The van der Waals surface area contributed by atoms with E-state index in [1.165, 1.54) is 4.90 Å². The molecule has 0 aliphatic carbocycles. The average molecular weight is 259 g/mol. The molecule has 0 aromatic heterocycles. The summed E-state index contributed by atoms with van der Waals surface area (Å²) in [6.07, 6.45) is 1.22. The monoisotopic (exact) mass is 259 g/mol. The first kappa shape index (κ1) is 13.5. The van der Waals surface area contributed by atoms with Crippen LogP contribution in [0, 0.1) is 6.92 Å². The SMILES string of the molecule is CCCC(=O)c1ccc2c(c1C)C(=O)C(=O)N2CC. The third-order valence-electron chi connectivity index (χ3n) is 3.49. The van der Waals surface area contributed by atoms with Crippen LogP contribution in [0.25, 0.3) is 0 Å². The van der Waals surface area contributed by atoms with Gasteiger partial charge in [-0.05, 0) is 38.0 Å². The van der Waals surface area contributed by atoms with Crippen LogP contribution >= 0.6 is 0 Å². The molecule has 4 heteroatoms. The van der Waals surface area contributed by atoms with Crippen LogP contribution in [-0.2, 0) is 4.79 Å². The Balaban J connectivity index is 2.56. The number of carbonyl (C=O) groups is 3. The number of fused-ring (bicyclic) bond motifs is 1. The van der Waals surface area contributed by atoms with Crippen LogP contribution < -0.4 is 4.90 Å². The van der Waals surface area contributed by atoms with E-state index >= 15 is 0 Å². The highest BCUT2D eigenvalue weighted by Crippen LogP contribution is 2.33. The molecular weight excluding hydrogens is 242 g/mol. The number of benzene rings is 1. The molecule has 1 aliphatic heterocycles. The van der Waals surface area contributed by atoms with Crippen molar-refractivity contribution in [3.8, 4) is 0 Å². The summed E-state index contributed by atoms with van der Waals surface area (Å²) in [5, 5.41) is 0. The zero-order valence-electron chi connectivity index (χ0n) is 11.4. The zero-order chi connectivity index (χ0) is 14.2. The first-order valence-corrected chi connectivity index (χ1v) is 6.55. The van der Waals surface area contributed by atoms with E-state index in [1.54, 1.807) is 19.1 Å². The Morgan fingerprint density at radius 3 is 2.47 bits per heavy atom. The summed E-state index contributed by atoms with van der Waals surface area (Å²) in [6, 6.07) is 3.43. The summed E-state index contributed by atoms with van der Waals surface area (Å²) in [6.45, 7) is 5.96. The second-order valence-corrected chi connectivity index (χ2v) is 4.68. The van der Waals surface area contributed by atoms with Crippen molar-refractivity contribution in [1.29, 1.82) is 0 Å². The average Bonchev–Trinajstić information content (AvgIpc) is 2.63. The highest BCUT2D eigenvalue weighted by Gasteiger charge is 2.37. The largest absolute Gasteiger partial charge is 0.305 e. The van der Waals surface area contributed by atoms with Gasteiger partial charge >= 0.3 is 0 Å². The third-order valence-corrected chi connectivity index (χ3v) is 3.49. The Hall–Kier alpha value is -1.97. The molecule has 0 saturated heterocycles. The van der Waals surface area contributed by atoms with Gasteiger partial charge in [0.05, 0.1) is 11.3 Å². The molecule has 19 heavy (non-hydrogen) atoms. The van der Waals surface area contributed by atoms with Crippen LogP contribution in [0.1, 0.15) is 53.0 Å². The van der Waals surface area contributed by atoms with Crippen LogP contribution in [0.15, 0.2) is 12.1 Å². The van der Waals surface area contributed by atoms with E-state index in [0.29, 0.717) is 35.3 Å². The topological polar surface area (TPSA) is 54.5 Å². The molecule has 0 radical (unpaired) electrons. The van der Waals surface area contributed by atoms with E-state index in [2.05, 4.69) is 0 Å². The number of hydrogen-bond donors (Lipinski definition) is 0. The van der Waals surface area contributed by atoms with Crippen LogP contribution in [0.3, 0.4) is 0 Å². The molecule has 0 saturated carbocycles. The van der Waals surface area contributed by atoms with Crippen molar-refractivity contribution in [2.75, 3.05) is 11.4 Å². The van der Waals surface area contributed by atoms with Gasteiger partial charge in [-0.25, -0.2) is 0 Å². The maximum Gasteiger partial charge on any atom is 0.299 e. The predicted octanol–water partition coefficient (Wildman–Crippen LogP) is 2.53. The number of likely N-dealkylation sites (N-methyl/N-ethyl adjacent to an activating group) is 1. The van der Waals surface area contributed by atoms with E-state index in [4.69, 9.17) is 0 Å². The van der Waals surface area contributed by atoms with Crippen molar-refractivity contribution in [2.24, 2.45) is 0 Å². The number of nitrogens with zero attached hydrogens (tertiary/aromatic N) is 1. The fourth-order valence-electron chi connectivity index (χ4n) is 2.53. The predicted molar refractivity (Wildman–Crippen MR) is 72.8 cm³/mol. The van der Waals surface area contributed by atoms with E-state index < -0.39 is 11.7 Å². The minimum absolute atomic E-state index is 0.0259. The lowest BCUT2D eigenvalue weighted by atomic mass is 9.95. The molecule has 100 valence electrons. The Bertz CT molecular complexity index is 575. The summed E-state index contributed by atoms with van der Waals surface area (Å²) in [5.41, 5.74) is 2.21. The molecule has 2 rings (SSSR count). The van der Waals surface area contributed by atoms with Gasteiger partial charge in [0.2, 0.25) is 0 Å². The molecule has 0 bridgehead atoms. The number of rotatable bonds is 4. The summed E-state index contributed by atoms with van der Waals surface area (Å²) < 4.78 is 0. The van der Waals surface area contributed by atoms with Crippen LogP contribution in [0.2, 0.25) is 0 Å². The number of carbonyl (C=O) groups excluding carboxylic acids is 3. The quantitative estimate of drug-likeness (QED) is 0.616. The summed E-state index contributed by atoms with van der Waals surface area (Å²) in [4.78, 5) is 37.3. The van der Waals surface area contributed by atoms with Gasteiger partial charge in [0.25, 0.3) is 11.7 Å². The second-order valence-electron chi connectivity index (χ2n) is 4.68. The molecule has 1 aliphatic rings. The number of amides is 1. The normalized spacial score (nSPS) is 13.9. The molecule has 0 N–H and O–H groups in total. The number of anilines is 1. The Morgan fingerprint density at radius 1 is 1.21 bits per heavy atom. The van der Waals surface area contributed by atoms with Gasteiger partial charge in [0, 0.05) is 18.5 Å². The smallest absolute Gasteiger partial charge is 0.299 e. The van der Waals surface area contributed by atoms with Gasteiger partial charge in [0.15, 0.2) is 5.78 Å². The highest BCUT2D eigenvalue weighted by molar-refractivity contribution is 6.52. The lowest BCUT2D eigenvalue weighted by molar-refractivity contribution is -0.114. The maximum absolute atomic E-state index is 12.0. The molecule has 0 unspecified atom stereocenters. The van der Waals surface area contributed by atoms with Crippen LogP contribution in [0.5, 0.6) is 0 Å². The molecule has 1 aromatic rings. The summed E-state index contributed by atoms with van der Waals surface area (Å²) >= 11 is 0. The van der Waals surface area contributed by atoms with E-state index in [-0.39, 0.29) is 5.78 Å². The zero-order valence-corrected chi connectivity index (χ0v) is 11.4. The number of hydrogen-bond acceptors (Lipinski definition) is 3. The Labute approximate surface area is 112 Å². The van der Waals surface area contributed by atoms with Crippen molar-refractivity contribution in [3.63, 3.8) is 0 Å². The van der Waals surface area contributed by atoms with Gasteiger partial charge in [0.1, 0.15) is 0 Å². The van der Waals surface area contributed by atoms with Crippen LogP contribution in [0.4, 0.5) is 5.69 Å². The molecule has 4 nitrogen and oxygen atoms in total. The maximum atomic E-state index is 12.0. The Morgan fingerprint density at radius 2 is 1.89 bits per heavy atom. The fraction of sp³-hybridized carbons (Fsp3) is 0.400. The van der Waals surface area contributed by atoms with Crippen molar-refractivity contribution in [3.05, 3.63) is 28.8 Å². The molecule has 0 atom stereocenters. The molecular formula is C15H17NO3. The van der Waals surface area contributed by atoms with Crippen molar-refractivity contribution < 1.29 is 14.4 Å². The lowest BCUT2D eigenvalue weighted by Gasteiger charge is -2.14. The van der Waals surface area contributed by atoms with Gasteiger partial charge < -0.3 is 4.90 Å². The van der Waals surface area contributed by atoms with Crippen LogP contribution in [-0.4, -0.2) is 24.0 Å². The minimum Gasteiger partial charge on any atom is -0.305 e. The summed E-state index contributed by atoms with van der Waals surface area (Å²) in [5.74, 6) is -0.973. The standard InChI is InChI=1S/C15H17NO3/c1-4-6-12(17)10-7-8-11-13(9(10)3)14(18)15(19)16(11)5-2/h7-8H,4-6H2,1-3H3. The van der Waals surface area contributed by atoms with Crippen molar-refractivity contribution in [1.82, 2.24) is 0 Å². The molecule has 0 fully saturated rings. The van der Waals surface area contributed by atoms with E-state index in [1.807, 2.05) is 13.8 Å².